The van der Waals surface area contributed by atoms with Gasteiger partial charge in [0.1, 0.15) is 10.8 Å². The molecule has 1 aromatic heterocycles. The van der Waals surface area contributed by atoms with Crippen molar-refractivity contribution in [3.63, 3.8) is 0 Å². The molecule has 0 spiro atoms. The molecule has 174 valence electrons. The lowest BCUT2D eigenvalue weighted by Gasteiger charge is -2.31. The largest absolute Gasteiger partial charge is 0.497 e. The first-order valence-corrected chi connectivity index (χ1v) is 10.5. The summed E-state index contributed by atoms with van der Waals surface area (Å²) < 4.78 is 43.5. The lowest BCUT2D eigenvalue weighted by atomic mass is 10.0. The average molecular weight is 571 g/mol. The summed E-state index contributed by atoms with van der Waals surface area (Å²) in [6.07, 6.45) is -4.43. The van der Waals surface area contributed by atoms with Crippen molar-refractivity contribution in [2.24, 2.45) is 4.99 Å². The smallest absolute Gasteiger partial charge is 0.434 e. The van der Waals surface area contributed by atoms with Crippen LogP contribution < -0.4 is 15.4 Å². The first-order chi connectivity index (χ1) is 14.3. The van der Waals surface area contributed by atoms with E-state index in [1.165, 1.54) is 0 Å². The number of halogens is 4. The van der Waals surface area contributed by atoms with Crippen molar-refractivity contribution in [1.82, 2.24) is 20.5 Å². The standard InChI is InChI=1S/C20H28F3N5OS.HI/c1-5-28(6-2)16(14-8-7-9-15(10-14)29-4)11-25-19(24-3)26-12-18-27-17(13-30-18)20(21,22)23;/h7-10,13,16H,5-6,11-12H2,1-4H3,(H2,24,25,26);1H. The van der Waals surface area contributed by atoms with Crippen molar-refractivity contribution in [2.75, 3.05) is 33.8 Å². The summed E-state index contributed by atoms with van der Waals surface area (Å²) in [5, 5.41) is 7.67. The van der Waals surface area contributed by atoms with E-state index >= 15 is 0 Å². The van der Waals surface area contributed by atoms with E-state index in [-0.39, 0.29) is 36.6 Å². The van der Waals surface area contributed by atoms with Gasteiger partial charge in [-0.25, -0.2) is 4.98 Å². The first-order valence-electron chi connectivity index (χ1n) is 9.66. The summed E-state index contributed by atoms with van der Waals surface area (Å²) in [4.78, 5) is 10.1. The van der Waals surface area contributed by atoms with Crippen LogP contribution in [0.25, 0.3) is 0 Å². The van der Waals surface area contributed by atoms with Crippen LogP contribution in [-0.2, 0) is 12.7 Å². The van der Waals surface area contributed by atoms with Crippen LogP contribution in [0.1, 0.15) is 36.2 Å². The maximum Gasteiger partial charge on any atom is 0.434 e. The molecule has 0 fully saturated rings. The Hall–Kier alpha value is -1.60. The molecule has 11 heteroatoms. The summed E-state index contributed by atoms with van der Waals surface area (Å²) in [6.45, 7) is 6.67. The summed E-state index contributed by atoms with van der Waals surface area (Å²) >= 11 is 0.968. The number of hydrogen-bond donors (Lipinski definition) is 2. The molecular weight excluding hydrogens is 542 g/mol. The Kier molecular flexibility index (Phi) is 11.6. The van der Waals surface area contributed by atoms with Crippen molar-refractivity contribution in [1.29, 1.82) is 0 Å². The van der Waals surface area contributed by atoms with Gasteiger partial charge >= 0.3 is 6.18 Å². The quantitative estimate of drug-likeness (QED) is 0.263. The Morgan fingerprint density at radius 2 is 1.97 bits per heavy atom. The highest BCUT2D eigenvalue weighted by Crippen LogP contribution is 2.30. The van der Waals surface area contributed by atoms with Crippen LogP contribution in [0.2, 0.25) is 0 Å². The Bertz CT molecular complexity index is 827. The predicted octanol–water partition coefficient (Wildman–Crippen LogP) is 4.54. The van der Waals surface area contributed by atoms with Gasteiger partial charge in [0.25, 0.3) is 0 Å². The molecule has 2 aromatic rings. The molecular formula is C20H29F3IN5OS. The van der Waals surface area contributed by atoms with Crippen molar-refractivity contribution in [3.05, 3.63) is 45.9 Å². The summed E-state index contributed by atoms with van der Waals surface area (Å²) in [6, 6.07) is 8.00. The Labute approximate surface area is 202 Å². The van der Waals surface area contributed by atoms with E-state index < -0.39 is 11.9 Å². The minimum atomic E-state index is -4.43. The van der Waals surface area contributed by atoms with Crippen LogP contribution in [-0.4, -0.2) is 49.6 Å². The first kappa shape index (κ1) is 27.4. The number of benzene rings is 1. The molecule has 1 aromatic carbocycles. The van der Waals surface area contributed by atoms with Crippen LogP contribution in [0.15, 0.2) is 34.6 Å². The molecule has 0 saturated carbocycles. The number of aromatic nitrogens is 1. The fraction of sp³-hybridized carbons (Fsp3) is 0.500. The molecule has 0 saturated heterocycles. The lowest BCUT2D eigenvalue weighted by Crippen LogP contribution is -2.43. The normalized spacial score (nSPS) is 13.0. The third kappa shape index (κ3) is 8.11. The Balaban J connectivity index is 0.00000480. The predicted molar refractivity (Wildman–Crippen MR) is 129 cm³/mol. The molecule has 31 heavy (non-hydrogen) atoms. The zero-order chi connectivity index (χ0) is 22.1. The second-order valence-electron chi connectivity index (χ2n) is 6.44. The molecule has 0 amide bonds. The number of likely N-dealkylation sites (N-methyl/N-ethyl adjacent to an activating group) is 1. The summed E-state index contributed by atoms with van der Waals surface area (Å²) in [5.41, 5.74) is 0.239. The molecule has 1 unspecified atom stereocenters. The van der Waals surface area contributed by atoms with Gasteiger partial charge in [-0.1, -0.05) is 26.0 Å². The van der Waals surface area contributed by atoms with Crippen molar-refractivity contribution >= 4 is 41.3 Å². The number of rotatable bonds is 9. The van der Waals surface area contributed by atoms with Gasteiger partial charge in [-0.05, 0) is 30.8 Å². The highest BCUT2D eigenvalue weighted by atomic mass is 127. The van der Waals surface area contributed by atoms with Crippen LogP contribution in [0.4, 0.5) is 13.2 Å². The lowest BCUT2D eigenvalue weighted by molar-refractivity contribution is -0.140. The highest BCUT2D eigenvalue weighted by Gasteiger charge is 2.33. The van der Waals surface area contributed by atoms with Crippen LogP contribution in [0, 0.1) is 0 Å². The van der Waals surface area contributed by atoms with Crippen molar-refractivity contribution in [3.8, 4) is 5.75 Å². The van der Waals surface area contributed by atoms with Gasteiger partial charge in [0.2, 0.25) is 0 Å². The van der Waals surface area contributed by atoms with E-state index in [2.05, 4.69) is 45.4 Å². The minimum absolute atomic E-state index is 0. The fourth-order valence-electron chi connectivity index (χ4n) is 3.07. The average Bonchev–Trinajstić information content (AvgIpc) is 3.23. The second kappa shape index (κ2) is 13.1. The SMILES string of the molecule is CCN(CC)C(CNC(=NC)NCc1nc(C(F)(F)F)cs1)c1cccc(OC)c1.I. The number of thiazole rings is 1. The molecule has 1 atom stereocenters. The van der Waals surface area contributed by atoms with E-state index in [1.54, 1.807) is 14.2 Å². The van der Waals surface area contributed by atoms with Crippen molar-refractivity contribution in [2.45, 2.75) is 32.6 Å². The molecule has 0 aliphatic rings. The van der Waals surface area contributed by atoms with E-state index in [9.17, 15) is 13.2 Å². The maximum absolute atomic E-state index is 12.7. The summed E-state index contributed by atoms with van der Waals surface area (Å²) in [5.74, 6) is 1.29. The zero-order valence-corrected chi connectivity index (χ0v) is 21.1. The fourth-order valence-corrected chi connectivity index (χ4v) is 3.81. The van der Waals surface area contributed by atoms with E-state index in [4.69, 9.17) is 4.74 Å². The number of hydrogen-bond acceptors (Lipinski definition) is 5. The molecule has 0 radical (unpaired) electrons. The number of ether oxygens (including phenoxy) is 1. The van der Waals surface area contributed by atoms with Crippen LogP contribution >= 0.6 is 35.3 Å². The number of alkyl halides is 3. The third-order valence-electron chi connectivity index (χ3n) is 4.67. The van der Waals surface area contributed by atoms with Gasteiger partial charge in [0.05, 0.1) is 19.7 Å². The number of guanidine groups is 1. The molecule has 0 aliphatic heterocycles. The number of aliphatic imine (C=N–C) groups is 1. The Morgan fingerprint density at radius 3 is 2.52 bits per heavy atom. The molecule has 1 heterocycles. The maximum atomic E-state index is 12.7. The van der Waals surface area contributed by atoms with Crippen LogP contribution in [0.5, 0.6) is 5.75 Å². The van der Waals surface area contributed by atoms with Gasteiger partial charge in [-0.3, -0.25) is 9.89 Å². The van der Waals surface area contributed by atoms with Gasteiger partial charge in [0.15, 0.2) is 11.7 Å². The molecule has 0 aliphatic carbocycles. The molecule has 0 bridgehead atoms. The van der Waals surface area contributed by atoms with E-state index in [0.717, 1.165) is 41.1 Å². The monoisotopic (exact) mass is 571 g/mol. The zero-order valence-electron chi connectivity index (χ0n) is 18.0. The summed E-state index contributed by atoms with van der Waals surface area (Å²) in [7, 11) is 3.26. The van der Waals surface area contributed by atoms with Gasteiger partial charge < -0.3 is 15.4 Å². The minimum Gasteiger partial charge on any atom is -0.497 e. The number of methoxy groups -OCH3 is 1. The highest BCUT2D eigenvalue weighted by molar-refractivity contribution is 14.0. The number of nitrogens with zero attached hydrogens (tertiary/aromatic N) is 3. The topological polar surface area (TPSA) is 61.8 Å². The van der Waals surface area contributed by atoms with E-state index in [0.29, 0.717) is 17.5 Å². The molecule has 2 N–H and O–H groups in total. The van der Waals surface area contributed by atoms with Crippen LogP contribution in [0.3, 0.4) is 0 Å². The number of nitrogens with one attached hydrogen (secondary N) is 2. The Morgan fingerprint density at radius 1 is 1.26 bits per heavy atom. The van der Waals surface area contributed by atoms with E-state index in [1.807, 2.05) is 18.2 Å². The van der Waals surface area contributed by atoms with Crippen molar-refractivity contribution < 1.29 is 17.9 Å². The molecule has 2 rings (SSSR count). The second-order valence-corrected chi connectivity index (χ2v) is 7.39. The molecule has 6 nitrogen and oxygen atoms in total. The van der Waals surface area contributed by atoms with Gasteiger partial charge in [-0.2, -0.15) is 13.2 Å². The van der Waals surface area contributed by atoms with Gasteiger partial charge in [-0.15, -0.1) is 35.3 Å². The van der Waals surface area contributed by atoms with Gasteiger partial charge in [0, 0.05) is 19.0 Å². The third-order valence-corrected chi connectivity index (χ3v) is 5.52.